The number of carbonyl (C=O) groups excluding carboxylic acids is 4. The van der Waals surface area contributed by atoms with Crippen molar-refractivity contribution in [1.29, 1.82) is 0 Å². The zero-order valence-electron chi connectivity index (χ0n) is 35.3. The Labute approximate surface area is 375 Å². The van der Waals surface area contributed by atoms with Gasteiger partial charge in [-0.15, -0.1) is 4.31 Å². The molecular formula is C47H46F3N9O5S. The molecule has 3 atom stereocenters. The Hall–Kier alpha value is -5.95. The van der Waals surface area contributed by atoms with Crippen molar-refractivity contribution in [3.8, 4) is 11.1 Å². The van der Waals surface area contributed by atoms with Gasteiger partial charge in [-0.25, -0.2) is 18.2 Å². The number of likely N-dealkylation sites (tertiary alicyclic amines) is 1. The first kappa shape index (κ1) is 41.7. The fourth-order valence-electron chi connectivity index (χ4n) is 10.7. The quantitative estimate of drug-likeness (QED) is 0.0928. The van der Waals surface area contributed by atoms with E-state index in [0.717, 1.165) is 92.2 Å². The summed E-state index contributed by atoms with van der Waals surface area (Å²) in [7, 11) is 0. The minimum Gasteiger partial charge on any atom is -0.573 e. The molecule has 0 aliphatic carbocycles. The molecule has 3 N–H and O–H groups in total. The molecule has 5 aromatic rings. The van der Waals surface area contributed by atoms with E-state index in [4.69, 9.17) is 0 Å². The number of rotatable bonds is 10. The summed E-state index contributed by atoms with van der Waals surface area (Å²) in [5, 5.41) is 2.76. The average molecular weight is 906 g/mol. The zero-order chi connectivity index (χ0) is 44.7. The number of alkyl halides is 1. The van der Waals surface area contributed by atoms with E-state index in [0.29, 0.717) is 35.6 Å². The molecule has 5 fully saturated rings. The monoisotopic (exact) mass is 905 g/mol. The van der Waals surface area contributed by atoms with Crippen molar-refractivity contribution in [2.75, 3.05) is 60.3 Å². The van der Waals surface area contributed by atoms with Crippen LogP contribution in [0.2, 0.25) is 0 Å². The maximum atomic E-state index is 15.7. The predicted molar refractivity (Wildman–Crippen MR) is 238 cm³/mol. The van der Waals surface area contributed by atoms with Crippen LogP contribution in [0.3, 0.4) is 0 Å². The molecule has 8 heterocycles. The molecule has 65 heavy (non-hydrogen) atoms. The highest BCUT2D eigenvalue weighted by Gasteiger charge is 2.55. The topological polar surface area (TPSA) is 160 Å². The number of hydrogen-bond acceptors (Lipinski definition) is 11. The summed E-state index contributed by atoms with van der Waals surface area (Å²) in [6.45, 7) is 5.28. The van der Waals surface area contributed by atoms with E-state index < -0.39 is 52.6 Å². The zero-order valence-corrected chi connectivity index (χ0v) is 36.1. The molecule has 2 aromatic heterocycles. The number of piperidine rings is 2. The third kappa shape index (κ3) is 7.30. The Morgan fingerprint density at radius 3 is 2.40 bits per heavy atom. The van der Waals surface area contributed by atoms with Crippen molar-refractivity contribution in [2.24, 2.45) is 0 Å². The first-order valence-electron chi connectivity index (χ1n) is 22.1. The molecule has 14 nitrogen and oxygen atoms in total. The first-order chi connectivity index (χ1) is 31.4. The number of nitrogens with one attached hydrogen (secondary N) is 3. The van der Waals surface area contributed by atoms with Gasteiger partial charge in [0.05, 0.1) is 17.6 Å². The fraction of sp³-hybridized carbons (Fsp3) is 0.383. The molecule has 3 unspecified atom stereocenters. The van der Waals surface area contributed by atoms with Crippen molar-refractivity contribution in [3.63, 3.8) is 0 Å². The first-order valence-corrected chi connectivity index (χ1v) is 23.3. The van der Waals surface area contributed by atoms with Crippen LogP contribution in [-0.2, 0) is 27.7 Å². The van der Waals surface area contributed by atoms with Crippen LogP contribution in [0.4, 0.5) is 30.2 Å². The second-order valence-electron chi connectivity index (χ2n) is 18.1. The molecule has 6 aliphatic heterocycles. The van der Waals surface area contributed by atoms with Gasteiger partial charge in [-0.3, -0.25) is 29.4 Å². The Morgan fingerprint density at radius 2 is 1.68 bits per heavy atom. The van der Waals surface area contributed by atoms with Gasteiger partial charge in [-0.2, -0.15) is 4.72 Å². The molecule has 3 aromatic carbocycles. The van der Waals surface area contributed by atoms with Crippen LogP contribution >= 0.6 is 0 Å². The van der Waals surface area contributed by atoms with Crippen LogP contribution in [0.1, 0.15) is 70.4 Å². The Balaban J connectivity index is 0.711. The lowest BCUT2D eigenvalue weighted by Gasteiger charge is -2.66. The van der Waals surface area contributed by atoms with Gasteiger partial charge >= 0.3 is 0 Å². The summed E-state index contributed by atoms with van der Waals surface area (Å²) in [4.78, 5) is 67.7. The average Bonchev–Trinajstić information content (AvgIpc) is 4.00. The summed E-state index contributed by atoms with van der Waals surface area (Å²) >= 11 is -1.98. The molecule has 0 bridgehead atoms. The second kappa shape index (κ2) is 16.2. The van der Waals surface area contributed by atoms with Crippen LogP contribution < -0.4 is 19.8 Å². The molecular weight excluding hydrogens is 860 g/mol. The summed E-state index contributed by atoms with van der Waals surface area (Å²) in [5.74, 6) is -4.02. The molecule has 3 amide bonds. The highest BCUT2D eigenvalue weighted by Crippen LogP contribution is 2.45. The van der Waals surface area contributed by atoms with Crippen molar-refractivity contribution in [3.05, 3.63) is 107 Å². The van der Waals surface area contributed by atoms with E-state index in [2.05, 4.69) is 52.9 Å². The van der Waals surface area contributed by atoms with Gasteiger partial charge in [0.15, 0.2) is 17.4 Å². The van der Waals surface area contributed by atoms with E-state index in [1.165, 1.54) is 10.5 Å². The SMILES string of the molecule is O=C1CCC(N2Cc3cc(N4CCC(N5CCC56CN(c5ccc(-c7cnc8[nH]cc(C(=O)c9c(F)ccc(N[S+]([O-])N%10CCC(F)C%10)c9F)c8c7)cc5)C6)CC4)ccc3C2=O)C(=O)N1. The Morgan fingerprint density at radius 1 is 0.892 bits per heavy atom. The molecule has 336 valence electrons. The van der Waals surface area contributed by atoms with Gasteiger partial charge in [0.1, 0.15) is 29.4 Å². The van der Waals surface area contributed by atoms with Gasteiger partial charge in [0.25, 0.3) is 5.91 Å². The van der Waals surface area contributed by atoms with Gasteiger partial charge in [0.2, 0.25) is 17.6 Å². The lowest BCUT2D eigenvalue weighted by atomic mass is 9.75. The number of ketones is 1. The van der Waals surface area contributed by atoms with Crippen LogP contribution in [0, 0.1) is 11.6 Å². The summed E-state index contributed by atoms with van der Waals surface area (Å²) in [6, 6.07) is 17.8. The largest absolute Gasteiger partial charge is 0.573 e. The Bertz CT molecular complexity index is 2760. The van der Waals surface area contributed by atoms with E-state index in [1.54, 1.807) is 17.2 Å². The van der Waals surface area contributed by atoms with Crippen LogP contribution in [0.15, 0.2) is 73.1 Å². The summed E-state index contributed by atoms with van der Waals surface area (Å²) < 4.78 is 61.1. The number of imide groups is 1. The van der Waals surface area contributed by atoms with Gasteiger partial charge in [-0.1, -0.05) is 12.1 Å². The van der Waals surface area contributed by atoms with Crippen LogP contribution in [0.25, 0.3) is 22.2 Å². The summed E-state index contributed by atoms with van der Waals surface area (Å²) in [5.41, 5.74) is 4.76. The third-order valence-electron chi connectivity index (χ3n) is 14.4. The summed E-state index contributed by atoms with van der Waals surface area (Å²) in [6.07, 6.45) is 5.93. The number of aromatic amines is 1. The standard InChI is InChI=1S/C47H46F3N9O5S/c48-30-11-17-57(24-30)65(64)54-38-8-7-37(49)41(42(38)50)43(61)36-22-52-44-35(36)20-28(21-51-44)27-1-3-31(4-2-27)56-25-47(26-56)14-18-59(47)32-12-15-55(16-13-32)33-5-6-34-29(19-33)23-58(46(34)63)39-9-10-40(60)53-45(39)62/h1-8,19-22,30,32,39,54H,9-18,23-26H2,(H,51,52)(H,53,60,62). The van der Waals surface area contributed by atoms with Crippen molar-refractivity contribution in [2.45, 2.75) is 68.9 Å². The third-order valence-corrected chi connectivity index (χ3v) is 15.6. The number of amides is 3. The second-order valence-corrected chi connectivity index (χ2v) is 19.3. The maximum absolute atomic E-state index is 15.7. The number of benzene rings is 3. The number of H-pyrrole nitrogens is 1. The van der Waals surface area contributed by atoms with Crippen molar-refractivity contribution >= 4 is 63.1 Å². The number of aromatic nitrogens is 2. The normalized spacial score (nSPS) is 22.9. The molecule has 6 aliphatic rings. The van der Waals surface area contributed by atoms with E-state index in [-0.39, 0.29) is 54.5 Å². The van der Waals surface area contributed by atoms with Crippen molar-refractivity contribution < 1.29 is 36.9 Å². The highest BCUT2D eigenvalue weighted by atomic mass is 32.2. The van der Waals surface area contributed by atoms with E-state index in [9.17, 15) is 28.1 Å². The molecule has 11 rings (SSSR count). The fourth-order valence-corrected chi connectivity index (χ4v) is 11.7. The number of nitrogens with zero attached hydrogens (tertiary/aromatic N) is 6. The van der Waals surface area contributed by atoms with Crippen LogP contribution in [0.5, 0.6) is 0 Å². The number of fused-ring (bicyclic) bond motifs is 2. The lowest BCUT2D eigenvalue weighted by molar-refractivity contribution is -0.136. The van der Waals surface area contributed by atoms with Gasteiger partial charge in [-0.05, 0) is 91.8 Å². The smallest absolute Gasteiger partial charge is 0.255 e. The molecule has 1 spiro atoms. The molecule has 18 heteroatoms. The maximum Gasteiger partial charge on any atom is 0.255 e. The highest BCUT2D eigenvalue weighted by molar-refractivity contribution is 7.90. The van der Waals surface area contributed by atoms with Crippen molar-refractivity contribution in [1.82, 2.24) is 29.4 Å². The predicted octanol–water partition coefficient (Wildman–Crippen LogP) is 5.47. The molecule has 0 radical (unpaired) electrons. The molecule has 5 saturated heterocycles. The van der Waals surface area contributed by atoms with Gasteiger partial charge < -0.3 is 24.2 Å². The van der Waals surface area contributed by atoms with E-state index in [1.807, 2.05) is 24.3 Å². The number of carbonyl (C=O) groups is 4. The number of halogens is 3. The molecule has 0 saturated carbocycles. The number of anilines is 3. The van der Waals surface area contributed by atoms with Crippen LogP contribution in [-0.4, -0.2) is 122 Å². The number of pyridine rings is 1. The van der Waals surface area contributed by atoms with E-state index >= 15 is 8.78 Å². The minimum atomic E-state index is -1.98. The number of hydrogen-bond donors (Lipinski definition) is 3. The lowest BCUT2D eigenvalue weighted by Crippen LogP contribution is -2.79. The minimum absolute atomic E-state index is 0.0319. The Kier molecular flexibility index (Phi) is 10.4. The van der Waals surface area contributed by atoms with Gasteiger partial charge in [0, 0.05) is 104 Å².